The van der Waals surface area contributed by atoms with Crippen molar-refractivity contribution >= 4 is 21.8 Å². The Morgan fingerprint density at radius 2 is 1.95 bits per heavy atom. The first-order valence-corrected chi connectivity index (χ1v) is 7.07. The lowest BCUT2D eigenvalue weighted by Gasteiger charge is -2.19. The Kier molecular flexibility index (Phi) is 4.45. The van der Waals surface area contributed by atoms with Crippen molar-refractivity contribution in [1.29, 1.82) is 0 Å². The minimum atomic E-state index is -0.0572. The Labute approximate surface area is 127 Å². The zero-order valence-corrected chi connectivity index (χ0v) is 13.0. The summed E-state index contributed by atoms with van der Waals surface area (Å²) in [5.41, 5.74) is 2.44. The van der Waals surface area contributed by atoms with Crippen molar-refractivity contribution < 1.29 is 9.90 Å². The molecule has 0 bridgehead atoms. The van der Waals surface area contributed by atoms with Crippen LogP contribution in [0.5, 0.6) is 5.75 Å². The van der Waals surface area contributed by atoms with Gasteiger partial charge in [-0.05, 0) is 42.3 Å². The van der Waals surface area contributed by atoms with Gasteiger partial charge in [0.05, 0.1) is 0 Å². The average Bonchev–Trinajstić information content (AvgIpc) is 2.40. The van der Waals surface area contributed by atoms with Gasteiger partial charge < -0.3 is 10.0 Å². The minimum Gasteiger partial charge on any atom is -0.508 e. The highest BCUT2D eigenvalue weighted by atomic mass is 79.9. The normalized spacial score (nSPS) is 10.3. The van der Waals surface area contributed by atoms with E-state index in [0.717, 1.165) is 15.6 Å². The molecular weight excluding hydrogens is 318 g/mol. The van der Waals surface area contributed by atoms with E-state index in [9.17, 15) is 9.90 Å². The molecular formula is C16H16BrNO2. The molecule has 0 saturated carbocycles. The quantitative estimate of drug-likeness (QED) is 0.929. The smallest absolute Gasteiger partial charge is 0.254 e. The molecule has 20 heavy (non-hydrogen) atoms. The van der Waals surface area contributed by atoms with Gasteiger partial charge in [-0.25, -0.2) is 0 Å². The second-order valence-corrected chi connectivity index (χ2v) is 5.61. The first-order valence-electron chi connectivity index (χ1n) is 6.27. The number of nitrogens with zero attached hydrogens (tertiary/aromatic N) is 1. The summed E-state index contributed by atoms with van der Waals surface area (Å²) in [4.78, 5) is 14.1. The van der Waals surface area contributed by atoms with Crippen LogP contribution in [0.3, 0.4) is 0 Å². The predicted octanol–water partition coefficient (Wildman–Crippen LogP) is 3.74. The first kappa shape index (κ1) is 14.6. The number of amides is 1. The van der Waals surface area contributed by atoms with E-state index in [0.29, 0.717) is 12.1 Å². The van der Waals surface area contributed by atoms with Gasteiger partial charge in [0.15, 0.2) is 0 Å². The summed E-state index contributed by atoms with van der Waals surface area (Å²) in [6, 6.07) is 12.6. The number of hydrogen-bond donors (Lipinski definition) is 1. The van der Waals surface area contributed by atoms with Gasteiger partial charge in [0.25, 0.3) is 5.91 Å². The monoisotopic (exact) mass is 333 g/mol. The molecule has 4 heteroatoms. The molecule has 2 aromatic carbocycles. The van der Waals surface area contributed by atoms with Gasteiger partial charge >= 0.3 is 0 Å². The first-order chi connectivity index (χ1) is 9.49. The van der Waals surface area contributed by atoms with Gasteiger partial charge in [-0.1, -0.05) is 34.1 Å². The van der Waals surface area contributed by atoms with Crippen molar-refractivity contribution in [2.45, 2.75) is 13.5 Å². The number of carbonyl (C=O) groups excluding carboxylic acids is 1. The van der Waals surface area contributed by atoms with Gasteiger partial charge in [-0.3, -0.25) is 4.79 Å². The van der Waals surface area contributed by atoms with Crippen LogP contribution >= 0.6 is 15.9 Å². The number of carbonyl (C=O) groups is 1. The summed E-state index contributed by atoms with van der Waals surface area (Å²) in [7, 11) is 1.77. The third-order valence-electron chi connectivity index (χ3n) is 3.15. The molecule has 0 aliphatic carbocycles. The molecule has 0 fully saturated rings. The van der Waals surface area contributed by atoms with Crippen LogP contribution in [0, 0.1) is 6.92 Å². The largest absolute Gasteiger partial charge is 0.508 e. The summed E-state index contributed by atoms with van der Waals surface area (Å²) in [5.74, 6) is 0.116. The lowest BCUT2D eigenvalue weighted by Crippen LogP contribution is -2.27. The van der Waals surface area contributed by atoms with E-state index in [-0.39, 0.29) is 11.7 Å². The van der Waals surface area contributed by atoms with E-state index in [2.05, 4.69) is 15.9 Å². The maximum atomic E-state index is 12.4. The van der Waals surface area contributed by atoms with Crippen molar-refractivity contribution in [3.8, 4) is 5.75 Å². The highest BCUT2D eigenvalue weighted by molar-refractivity contribution is 9.10. The summed E-state index contributed by atoms with van der Waals surface area (Å²) < 4.78 is 0.988. The Morgan fingerprint density at radius 3 is 2.60 bits per heavy atom. The van der Waals surface area contributed by atoms with Gasteiger partial charge in [0.2, 0.25) is 0 Å². The summed E-state index contributed by atoms with van der Waals surface area (Å²) in [6.45, 7) is 2.35. The summed E-state index contributed by atoms with van der Waals surface area (Å²) in [5, 5.41) is 9.40. The Hall–Kier alpha value is -1.81. The van der Waals surface area contributed by atoms with Crippen LogP contribution in [0.1, 0.15) is 21.5 Å². The van der Waals surface area contributed by atoms with Crippen molar-refractivity contribution in [3.63, 3.8) is 0 Å². The van der Waals surface area contributed by atoms with Gasteiger partial charge in [0.1, 0.15) is 5.75 Å². The second-order valence-electron chi connectivity index (χ2n) is 4.75. The number of hydrogen-bond acceptors (Lipinski definition) is 2. The molecule has 1 N–H and O–H groups in total. The van der Waals surface area contributed by atoms with Crippen LogP contribution in [0.2, 0.25) is 0 Å². The molecule has 104 valence electrons. The van der Waals surface area contributed by atoms with Crippen LogP contribution in [0.4, 0.5) is 0 Å². The van der Waals surface area contributed by atoms with E-state index in [1.165, 1.54) is 6.07 Å². The number of phenols is 1. The standard InChI is InChI=1S/C16H16BrNO2/c1-11-9-13(19)7-8-14(11)16(20)18(2)10-12-5-3-4-6-15(12)17/h3-9,19H,10H2,1-2H3. The van der Waals surface area contributed by atoms with Crippen LogP contribution < -0.4 is 0 Å². The van der Waals surface area contributed by atoms with E-state index >= 15 is 0 Å². The van der Waals surface area contributed by atoms with E-state index in [1.807, 2.05) is 31.2 Å². The molecule has 0 radical (unpaired) electrons. The number of halogens is 1. The molecule has 0 heterocycles. The predicted molar refractivity (Wildman–Crippen MR) is 82.8 cm³/mol. The van der Waals surface area contributed by atoms with Crippen LogP contribution in [0.25, 0.3) is 0 Å². The molecule has 0 saturated heterocycles. The fourth-order valence-electron chi connectivity index (χ4n) is 2.05. The zero-order valence-electron chi connectivity index (χ0n) is 11.4. The third-order valence-corrected chi connectivity index (χ3v) is 3.93. The van der Waals surface area contributed by atoms with Crippen molar-refractivity contribution in [2.75, 3.05) is 7.05 Å². The van der Waals surface area contributed by atoms with Gasteiger partial charge in [-0.15, -0.1) is 0 Å². The summed E-state index contributed by atoms with van der Waals surface area (Å²) >= 11 is 3.48. The van der Waals surface area contributed by atoms with Crippen molar-refractivity contribution in [3.05, 3.63) is 63.6 Å². The molecule has 0 unspecified atom stereocenters. The van der Waals surface area contributed by atoms with E-state index in [1.54, 1.807) is 24.1 Å². The average molecular weight is 334 g/mol. The van der Waals surface area contributed by atoms with E-state index < -0.39 is 0 Å². The molecule has 0 spiro atoms. The van der Waals surface area contributed by atoms with Crippen LogP contribution in [-0.4, -0.2) is 23.0 Å². The number of phenolic OH excluding ortho intramolecular Hbond substituents is 1. The zero-order chi connectivity index (χ0) is 14.7. The number of aromatic hydroxyl groups is 1. The Balaban J connectivity index is 2.19. The fourth-order valence-corrected chi connectivity index (χ4v) is 2.46. The Bertz CT molecular complexity index is 640. The van der Waals surface area contributed by atoms with Crippen molar-refractivity contribution in [1.82, 2.24) is 4.90 Å². The van der Waals surface area contributed by atoms with Crippen LogP contribution in [0.15, 0.2) is 46.9 Å². The maximum Gasteiger partial charge on any atom is 0.254 e. The molecule has 2 rings (SSSR count). The number of aryl methyl sites for hydroxylation is 1. The summed E-state index contributed by atoms with van der Waals surface area (Å²) in [6.07, 6.45) is 0. The SMILES string of the molecule is Cc1cc(O)ccc1C(=O)N(C)Cc1ccccc1Br. The molecule has 0 atom stereocenters. The maximum absolute atomic E-state index is 12.4. The lowest BCUT2D eigenvalue weighted by molar-refractivity contribution is 0.0784. The van der Waals surface area contributed by atoms with Crippen molar-refractivity contribution in [2.24, 2.45) is 0 Å². The van der Waals surface area contributed by atoms with E-state index in [4.69, 9.17) is 0 Å². The molecule has 3 nitrogen and oxygen atoms in total. The topological polar surface area (TPSA) is 40.5 Å². The van der Waals surface area contributed by atoms with Gasteiger partial charge in [-0.2, -0.15) is 0 Å². The van der Waals surface area contributed by atoms with Gasteiger partial charge in [0, 0.05) is 23.6 Å². The number of rotatable bonds is 3. The lowest BCUT2D eigenvalue weighted by atomic mass is 10.1. The van der Waals surface area contributed by atoms with Crippen LogP contribution in [-0.2, 0) is 6.54 Å². The third kappa shape index (κ3) is 3.20. The molecule has 2 aromatic rings. The molecule has 0 aliphatic rings. The fraction of sp³-hybridized carbons (Fsp3) is 0.188. The minimum absolute atomic E-state index is 0.0572. The molecule has 1 amide bonds. The highest BCUT2D eigenvalue weighted by Crippen LogP contribution is 2.20. The second kappa shape index (κ2) is 6.09. The highest BCUT2D eigenvalue weighted by Gasteiger charge is 2.15. The molecule has 0 aromatic heterocycles. The molecule has 0 aliphatic heterocycles. The Morgan fingerprint density at radius 1 is 1.25 bits per heavy atom. The number of benzene rings is 2.